The molecule has 6 heteroatoms. The number of nitrogens with two attached hydrogens (primary N) is 1. The smallest absolute Gasteiger partial charge is 0.271 e. The zero-order chi connectivity index (χ0) is 16.6. The number of hydrogen-bond donors (Lipinski definition) is 2. The lowest BCUT2D eigenvalue weighted by molar-refractivity contribution is 0.0360. The van der Waals surface area contributed by atoms with Crippen molar-refractivity contribution in [3.8, 4) is 5.75 Å². The predicted molar refractivity (Wildman–Crippen MR) is 93.1 cm³/mol. The molecule has 0 bridgehead atoms. The first-order valence-electron chi connectivity index (χ1n) is 8.42. The Morgan fingerprint density at radius 1 is 1.38 bits per heavy atom. The molecular weight excluding hydrogens is 322 g/mol. The quantitative estimate of drug-likeness (QED) is 0.897. The number of benzene rings is 1. The van der Waals surface area contributed by atoms with Crippen LogP contribution in [0.15, 0.2) is 29.6 Å². The summed E-state index contributed by atoms with van der Waals surface area (Å²) in [5.74, 6) is 0.762. The Balaban J connectivity index is 1.60. The van der Waals surface area contributed by atoms with Gasteiger partial charge in [-0.3, -0.25) is 4.79 Å². The standard InChI is InChI=1S/C18H21N3O2S/c19-10-16-20-14(11-24-16)17(22)21-13-9-18(7-3-4-8-18)23-15-6-2-1-5-12(13)15/h1-2,5-6,11,13H,3-4,7-10,19H2,(H,21,22). The van der Waals surface area contributed by atoms with E-state index in [-0.39, 0.29) is 17.6 Å². The number of rotatable bonds is 3. The summed E-state index contributed by atoms with van der Waals surface area (Å²) in [5.41, 5.74) is 6.96. The Kier molecular flexibility index (Phi) is 4.02. The molecule has 2 aromatic rings. The van der Waals surface area contributed by atoms with Crippen molar-refractivity contribution in [2.24, 2.45) is 5.73 Å². The van der Waals surface area contributed by atoms with Gasteiger partial charge in [0.05, 0.1) is 6.04 Å². The molecule has 126 valence electrons. The lowest BCUT2D eigenvalue weighted by atomic mass is 9.86. The number of ether oxygens (including phenoxy) is 1. The fourth-order valence-corrected chi connectivity index (χ4v) is 4.47. The van der Waals surface area contributed by atoms with Gasteiger partial charge in [0.1, 0.15) is 22.1 Å². The molecule has 24 heavy (non-hydrogen) atoms. The third kappa shape index (κ3) is 2.80. The van der Waals surface area contributed by atoms with Gasteiger partial charge in [0.2, 0.25) is 0 Å². The Morgan fingerprint density at radius 3 is 2.92 bits per heavy atom. The zero-order valence-corrected chi connectivity index (χ0v) is 14.3. The highest BCUT2D eigenvalue weighted by molar-refractivity contribution is 7.09. The Bertz CT molecular complexity index is 752. The van der Waals surface area contributed by atoms with Crippen molar-refractivity contribution in [3.63, 3.8) is 0 Å². The molecule has 1 unspecified atom stereocenters. The number of amides is 1. The van der Waals surface area contributed by atoms with Crippen LogP contribution in [0.4, 0.5) is 0 Å². The Hall–Kier alpha value is -1.92. The third-order valence-electron chi connectivity index (χ3n) is 4.98. The summed E-state index contributed by atoms with van der Waals surface area (Å²) in [6, 6.07) is 7.98. The van der Waals surface area contributed by atoms with E-state index in [4.69, 9.17) is 10.5 Å². The van der Waals surface area contributed by atoms with E-state index in [1.165, 1.54) is 24.2 Å². The summed E-state index contributed by atoms with van der Waals surface area (Å²) < 4.78 is 6.34. The maximum absolute atomic E-state index is 12.6. The minimum atomic E-state index is -0.138. The molecule has 1 aromatic heterocycles. The molecule has 1 atom stereocenters. The number of hydrogen-bond acceptors (Lipinski definition) is 5. The van der Waals surface area contributed by atoms with Crippen LogP contribution in [-0.2, 0) is 6.54 Å². The van der Waals surface area contributed by atoms with Crippen molar-refractivity contribution in [3.05, 3.63) is 45.9 Å². The second-order valence-corrected chi connectivity index (χ2v) is 7.53. The van der Waals surface area contributed by atoms with Crippen LogP contribution in [0.25, 0.3) is 0 Å². The van der Waals surface area contributed by atoms with Gasteiger partial charge in [0.25, 0.3) is 5.91 Å². The lowest BCUT2D eigenvalue weighted by Crippen LogP contribution is -2.43. The number of carbonyl (C=O) groups excluding carboxylic acids is 1. The molecule has 4 rings (SSSR count). The van der Waals surface area contributed by atoms with Gasteiger partial charge in [0, 0.05) is 23.9 Å². The summed E-state index contributed by atoms with van der Waals surface area (Å²) in [6.45, 7) is 0.362. The fourth-order valence-electron chi connectivity index (χ4n) is 3.81. The first-order chi connectivity index (χ1) is 11.7. The van der Waals surface area contributed by atoms with Crippen molar-refractivity contribution in [1.82, 2.24) is 10.3 Å². The molecule has 2 heterocycles. The van der Waals surface area contributed by atoms with E-state index in [0.29, 0.717) is 12.2 Å². The largest absolute Gasteiger partial charge is 0.487 e. The number of nitrogens with zero attached hydrogens (tertiary/aromatic N) is 1. The molecule has 1 amide bonds. The average molecular weight is 343 g/mol. The van der Waals surface area contributed by atoms with Crippen LogP contribution in [0.2, 0.25) is 0 Å². The summed E-state index contributed by atoms with van der Waals surface area (Å²) in [6.07, 6.45) is 5.32. The molecule has 3 N–H and O–H groups in total. The van der Waals surface area contributed by atoms with E-state index < -0.39 is 0 Å². The highest BCUT2D eigenvalue weighted by atomic mass is 32.1. The lowest BCUT2D eigenvalue weighted by Gasteiger charge is -2.40. The van der Waals surface area contributed by atoms with E-state index in [9.17, 15) is 4.79 Å². The molecule has 1 aliphatic heterocycles. The monoisotopic (exact) mass is 343 g/mol. The summed E-state index contributed by atoms with van der Waals surface area (Å²) in [4.78, 5) is 16.9. The van der Waals surface area contributed by atoms with Gasteiger partial charge in [-0.05, 0) is 31.7 Å². The van der Waals surface area contributed by atoms with Crippen molar-refractivity contribution in [2.45, 2.75) is 50.3 Å². The van der Waals surface area contributed by atoms with Gasteiger partial charge in [-0.25, -0.2) is 4.98 Å². The van der Waals surface area contributed by atoms with Crippen LogP contribution in [0.3, 0.4) is 0 Å². The minimum absolute atomic E-state index is 0.0384. The van der Waals surface area contributed by atoms with Gasteiger partial charge in [-0.1, -0.05) is 18.2 Å². The summed E-state index contributed by atoms with van der Waals surface area (Å²) in [5, 5.41) is 5.71. The van der Waals surface area contributed by atoms with Crippen LogP contribution in [-0.4, -0.2) is 16.5 Å². The van der Waals surface area contributed by atoms with Crippen LogP contribution in [0, 0.1) is 0 Å². The van der Waals surface area contributed by atoms with E-state index in [0.717, 1.165) is 35.6 Å². The van der Waals surface area contributed by atoms with Gasteiger partial charge in [0.15, 0.2) is 0 Å². The summed E-state index contributed by atoms with van der Waals surface area (Å²) in [7, 11) is 0. The van der Waals surface area contributed by atoms with Crippen molar-refractivity contribution in [2.75, 3.05) is 0 Å². The van der Waals surface area contributed by atoms with E-state index in [2.05, 4.69) is 10.3 Å². The van der Waals surface area contributed by atoms with Gasteiger partial charge in [-0.2, -0.15) is 0 Å². The number of thiazole rings is 1. The summed E-state index contributed by atoms with van der Waals surface area (Å²) >= 11 is 1.42. The number of para-hydroxylation sites is 1. The van der Waals surface area contributed by atoms with Crippen LogP contribution in [0.1, 0.15) is 59.2 Å². The molecule has 0 radical (unpaired) electrons. The fraction of sp³-hybridized carbons (Fsp3) is 0.444. The first kappa shape index (κ1) is 15.6. The molecule has 0 saturated heterocycles. The number of aromatic nitrogens is 1. The minimum Gasteiger partial charge on any atom is -0.487 e. The Labute approximate surface area is 145 Å². The third-order valence-corrected chi connectivity index (χ3v) is 5.85. The SMILES string of the molecule is NCc1nc(C(=O)NC2CC3(CCCC3)Oc3ccccc32)cs1. The maximum Gasteiger partial charge on any atom is 0.271 e. The van der Waals surface area contributed by atoms with E-state index in [1.807, 2.05) is 24.3 Å². The molecule has 5 nitrogen and oxygen atoms in total. The van der Waals surface area contributed by atoms with Crippen LogP contribution >= 0.6 is 11.3 Å². The first-order valence-corrected chi connectivity index (χ1v) is 9.30. The van der Waals surface area contributed by atoms with E-state index >= 15 is 0 Å². The zero-order valence-electron chi connectivity index (χ0n) is 13.5. The van der Waals surface area contributed by atoms with E-state index in [1.54, 1.807) is 5.38 Å². The molecular formula is C18H21N3O2S. The molecule has 1 fully saturated rings. The second-order valence-electron chi connectivity index (χ2n) is 6.59. The number of carbonyl (C=O) groups is 1. The average Bonchev–Trinajstić information content (AvgIpc) is 3.24. The highest BCUT2D eigenvalue weighted by Gasteiger charge is 2.43. The van der Waals surface area contributed by atoms with Crippen LogP contribution < -0.4 is 15.8 Å². The molecule has 1 saturated carbocycles. The second kappa shape index (κ2) is 6.18. The van der Waals surface area contributed by atoms with Gasteiger partial charge < -0.3 is 15.8 Å². The van der Waals surface area contributed by atoms with Gasteiger partial charge in [-0.15, -0.1) is 11.3 Å². The predicted octanol–water partition coefficient (Wildman–Crippen LogP) is 3.17. The Morgan fingerprint density at radius 2 is 2.17 bits per heavy atom. The molecule has 1 spiro atoms. The normalized spacial score (nSPS) is 21.3. The topological polar surface area (TPSA) is 77.2 Å². The highest BCUT2D eigenvalue weighted by Crippen LogP contribution is 2.47. The van der Waals surface area contributed by atoms with Crippen molar-refractivity contribution < 1.29 is 9.53 Å². The maximum atomic E-state index is 12.6. The van der Waals surface area contributed by atoms with Crippen molar-refractivity contribution >= 4 is 17.2 Å². The molecule has 1 aromatic carbocycles. The van der Waals surface area contributed by atoms with Crippen LogP contribution in [0.5, 0.6) is 5.75 Å². The van der Waals surface area contributed by atoms with Crippen molar-refractivity contribution in [1.29, 1.82) is 0 Å². The number of nitrogens with one attached hydrogen (secondary N) is 1. The van der Waals surface area contributed by atoms with Gasteiger partial charge >= 0.3 is 0 Å². The molecule has 2 aliphatic rings. The molecule has 1 aliphatic carbocycles. The number of fused-ring (bicyclic) bond motifs is 1.